The molecule has 1 N–H and O–H groups in total. The second kappa shape index (κ2) is 5.50. The first-order valence-electron chi connectivity index (χ1n) is 5.48. The number of hydrogen-bond acceptors (Lipinski definition) is 3. The summed E-state index contributed by atoms with van der Waals surface area (Å²) in [5, 5.41) is 10.7. The normalized spacial score (nSPS) is 12.4. The van der Waals surface area contributed by atoms with E-state index in [-0.39, 0.29) is 11.9 Å². The second-order valence-electron chi connectivity index (χ2n) is 3.81. The highest BCUT2D eigenvalue weighted by Crippen LogP contribution is 2.18. The van der Waals surface area contributed by atoms with E-state index in [1.54, 1.807) is 24.5 Å². The third kappa shape index (κ3) is 2.85. The molecule has 1 aromatic carbocycles. The summed E-state index contributed by atoms with van der Waals surface area (Å²) in [5.41, 5.74) is 1.70. The zero-order chi connectivity index (χ0) is 12.1. The minimum absolute atomic E-state index is 0.0439. The lowest BCUT2D eigenvalue weighted by Crippen LogP contribution is -2.19. The Morgan fingerprint density at radius 1 is 1.24 bits per heavy atom. The van der Waals surface area contributed by atoms with E-state index in [2.05, 4.69) is 15.5 Å². The largest absolute Gasteiger partial charge is 0.313 e. The molecule has 17 heavy (non-hydrogen) atoms. The molecule has 0 saturated carbocycles. The van der Waals surface area contributed by atoms with Crippen LogP contribution in [0.5, 0.6) is 0 Å². The average molecular weight is 231 g/mol. The molecular formula is C13H14FN3. The molecular weight excluding hydrogens is 217 g/mol. The van der Waals surface area contributed by atoms with Gasteiger partial charge in [0, 0.05) is 12.2 Å². The minimum atomic E-state index is -0.172. The van der Waals surface area contributed by atoms with Crippen molar-refractivity contribution in [3.63, 3.8) is 0 Å². The first-order valence-corrected chi connectivity index (χ1v) is 5.48. The van der Waals surface area contributed by atoms with Crippen LogP contribution in [0.15, 0.2) is 42.7 Å². The number of hydrogen-bond donors (Lipinski definition) is 1. The van der Waals surface area contributed by atoms with Crippen LogP contribution in [0.4, 0.5) is 4.39 Å². The van der Waals surface area contributed by atoms with E-state index < -0.39 is 0 Å². The van der Waals surface area contributed by atoms with E-state index in [1.807, 2.05) is 19.2 Å². The van der Waals surface area contributed by atoms with Crippen molar-refractivity contribution in [2.24, 2.45) is 0 Å². The molecule has 1 aromatic heterocycles. The number of nitrogens with one attached hydrogen (secondary N) is 1. The number of rotatable bonds is 4. The summed E-state index contributed by atoms with van der Waals surface area (Å²) in [6.45, 7) is 0. The van der Waals surface area contributed by atoms with Crippen molar-refractivity contribution >= 4 is 0 Å². The summed E-state index contributed by atoms with van der Waals surface area (Å²) < 4.78 is 13.5. The van der Waals surface area contributed by atoms with Crippen LogP contribution in [-0.4, -0.2) is 17.2 Å². The summed E-state index contributed by atoms with van der Waals surface area (Å²) in [7, 11) is 1.85. The van der Waals surface area contributed by atoms with Crippen molar-refractivity contribution in [1.29, 1.82) is 0 Å². The molecule has 0 spiro atoms. The zero-order valence-electron chi connectivity index (χ0n) is 9.60. The molecule has 0 amide bonds. The molecule has 2 aromatic rings. The van der Waals surface area contributed by atoms with E-state index in [0.717, 1.165) is 5.56 Å². The number of nitrogens with zero attached hydrogens (tertiary/aromatic N) is 2. The summed E-state index contributed by atoms with van der Waals surface area (Å²) in [4.78, 5) is 0. The van der Waals surface area contributed by atoms with Gasteiger partial charge in [-0.1, -0.05) is 18.2 Å². The SMILES string of the molecule is CNC(Cc1ccccc1F)c1ccnnc1. The zero-order valence-corrected chi connectivity index (χ0v) is 9.60. The molecule has 0 aliphatic carbocycles. The van der Waals surface area contributed by atoms with Gasteiger partial charge in [-0.3, -0.25) is 0 Å². The van der Waals surface area contributed by atoms with Gasteiger partial charge < -0.3 is 5.32 Å². The Hall–Kier alpha value is -1.81. The van der Waals surface area contributed by atoms with Crippen LogP contribution in [0, 0.1) is 5.82 Å². The van der Waals surface area contributed by atoms with Crippen LogP contribution in [0.2, 0.25) is 0 Å². The highest BCUT2D eigenvalue weighted by atomic mass is 19.1. The van der Waals surface area contributed by atoms with Crippen LogP contribution < -0.4 is 5.32 Å². The molecule has 4 heteroatoms. The molecule has 0 radical (unpaired) electrons. The molecule has 0 aliphatic heterocycles. The monoisotopic (exact) mass is 231 g/mol. The van der Waals surface area contributed by atoms with Gasteiger partial charge in [0.1, 0.15) is 5.82 Å². The number of aromatic nitrogens is 2. The van der Waals surface area contributed by atoms with Gasteiger partial charge in [0.15, 0.2) is 0 Å². The second-order valence-corrected chi connectivity index (χ2v) is 3.81. The molecule has 1 heterocycles. The van der Waals surface area contributed by atoms with Crippen molar-refractivity contribution in [2.45, 2.75) is 12.5 Å². The Labute approximate surface area is 99.7 Å². The Bertz CT molecular complexity index is 473. The lowest BCUT2D eigenvalue weighted by atomic mass is 10.0. The lowest BCUT2D eigenvalue weighted by Gasteiger charge is -2.16. The van der Waals surface area contributed by atoms with Gasteiger partial charge in [-0.2, -0.15) is 10.2 Å². The Morgan fingerprint density at radius 3 is 2.71 bits per heavy atom. The fourth-order valence-corrected chi connectivity index (χ4v) is 1.78. The van der Waals surface area contributed by atoms with Crippen molar-refractivity contribution in [3.8, 4) is 0 Å². The van der Waals surface area contributed by atoms with Gasteiger partial charge >= 0.3 is 0 Å². The van der Waals surface area contributed by atoms with Crippen molar-refractivity contribution in [1.82, 2.24) is 15.5 Å². The van der Waals surface area contributed by atoms with E-state index in [9.17, 15) is 4.39 Å². The van der Waals surface area contributed by atoms with Crippen LogP contribution in [0.1, 0.15) is 17.2 Å². The predicted octanol–water partition coefficient (Wildman–Crippen LogP) is 2.12. The molecule has 0 saturated heterocycles. The van der Waals surface area contributed by atoms with Crippen molar-refractivity contribution in [2.75, 3.05) is 7.05 Å². The first kappa shape index (κ1) is 11.7. The summed E-state index contributed by atoms with van der Waals surface area (Å²) in [5.74, 6) is -0.172. The van der Waals surface area contributed by atoms with Crippen LogP contribution in [-0.2, 0) is 6.42 Å². The van der Waals surface area contributed by atoms with Crippen LogP contribution >= 0.6 is 0 Å². The quantitative estimate of drug-likeness (QED) is 0.875. The Morgan fingerprint density at radius 2 is 2.06 bits per heavy atom. The third-order valence-corrected chi connectivity index (χ3v) is 2.74. The first-order chi connectivity index (χ1) is 8.31. The molecule has 0 bridgehead atoms. The van der Waals surface area contributed by atoms with Gasteiger partial charge in [0.2, 0.25) is 0 Å². The minimum Gasteiger partial charge on any atom is -0.313 e. The van der Waals surface area contributed by atoms with Gasteiger partial charge in [-0.15, -0.1) is 0 Å². The van der Waals surface area contributed by atoms with Crippen LogP contribution in [0.25, 0.3) is 0 Å². The highest BCUT2D eigenvalue weighted by molar-refractivity contribution is 5.22. The summed E-state index contributed by atoms with van der Waals surface area (Å²) in [6.07, 6.45) is 3.93. The topological polar surface area (TPSA) is 37.8 Å². The third-order valence-electron chi connectivity index (χ3n) is 2.74. The Kier molecular flexibility index (Phi) is 3.77. The van der Waals surface area contributed by atoms with Gasteiger partial charge in [0.05, 0.1) is 6.20 Å². The number of benzene rings is 1. The maximum atomic E-state index is 13.5. The lowest BCUT2D eigenvalue weighted by molar-refractivity contribution is 0.552. The van der Waals surface area contributed by atoms with E-state index in [4.69, 9.17) is 0 Å². The molecule has 2 rings (SSSR count). The van der Waals surface area contributed by atoms with Crippen molar-refractivity contribution < 1.29 is 4.39 Å². The molecule has 0 fully saturated rings. The average Bonchev–Trinajstić information content (AvgIpc) is 2.39. The molecule has 1 unspecified atom stereocenters. The van der Waals surface area contributed by atoms with E-state index in [1.165, 1.54) is 6.07 Å². The number of likely N-dealkylation sites (N-methyl/N-ethyl adjacent to an activating group) is 1. The predicted molar refractivity (Wildman–Crippen MR) is 63.9 cm³/mol. The Balaban J connectivity index is 2.19. The van der Waals surface area contributed by atoms with Gasteiger partial charge in [0.25, 0.3) is 0 Å². The summed E-state index contributed by atoms with van der Waals surface area (Å²) >= 11 is 0. The van der Waals surface area contributed by atoms with Crippen molar-refractivity contribution in [3.05, 3.63) is 59.7 Å². The number of halogens is 1. The standard InChI is InChI=1S/C13H14FN3/c1-15-13(11-6-7-16-17-9-11)8-10-4-2-3-5-12(10)14/h2-7,9,13,15H,8H2,1H3. The van der Waals surface area contributed by atoms with Crippen LogP contribution in [0.3, 0.4) is 0 Å². The molecule has 3 nitrogen and oxygen atoms in total. The molecule has 88 valence electrons. The van der Waals surface area contributed by atoms with Gasteiger partial charge in [-0.05, 0) is 36.7 Å². The highest BCUT2D eigenvalue weighted by Gasteiger charge is 2.12. The molecule has 1 atom stereocenters. The van der Waals surface area contributed by atoms with Gasteiger partial charge in [-0.25, -0.2) is 4.39 Å². The fourth-order valence-electron chi connectivity index (χ4n) is 1.78. The smallest absolute Gasteiger partial charge is 0.126 e. The van der Waals surface area contributed by atoms with E-state index in [0.29, 0.717) is 12.0 Å². The van der Waals surface area contributed by atoms with E-state index >= 15 is 0 Å². The molecule has 0 aliphatic rings. The maximum Gasteiger partial charge on any atom is 0.126 e. The fraction of sp³-hybridized carbons (Fsp3) is 0.231. The maximum absolute atomic E-state index is 13.5. The summed E-state index contributed by atoms with van der Waals surface area (Å²) in [6, 6.07) is 8.75.